The van der Waals surface area contributed by atoms with E-state index in [0.717, 1.165) is 10.0 Å². The van der Waals surface area contributed by atoms with Crippen LogP contribution in [0.1, 0.15) is 45.1 Å². The molecule has 1 fully saturated rings. The fraction of sp³-hybridized carbons (Fsp3) is 0.560. The van der Waals surface area contributed by atoms with Crippen LogP contribution >= 0.6 is 15.9 Å². The highest BCUT2D eigenvalue weighted by Gasteiger charge is 2.39. The molecule has 1 aromatic carbocycles. The van der Waals surface area contributed by atoms with Crippen molar-refractivity contribution in [1.82, 2.24) is 15.5 Å². The third-order valence-electron chi connectivity index (χ3n) is 6.12. The van der Waals surface area contributed by atoms with Gasteiger partial charge in [0.05, 0.1) is 12.5 Å². The highest BCUT2D eigenvalue weighted by Crippen LogP contribution is 2.21. The van der Waals surface area contributed by atoms with Crippen molar-refractivity contribution in [3.05, 3.63) is 34.3 Å². The van der Waals surface area contributed by atoms with Crippen LogP contribution < -0.4 is 22.1 Å². The molecule has 12 heteroatoms. The van der Waals surface area contributed by atoms with Crippen molar-refractivity contribution in [3.63, 3.8) is 0 Å². The third kappa shape index (κ3) is 9.42. The predicted molar refractivity (Wildman–Crippen MR) is 142 cm³/mol. The van der Waals surface area contributed by atoms with Gasteiger partial charge in [-0.2, -0.15) is 0 Å². The van der Waals surface area contributed by atoms with Crippen LogP contribution in [0.2, 0.25) is 0 Å². The van der Waals surface area contributed by atoms with Crippen LogP contribution in [0.5, 0.6) is 0 Å². The summed E-state index contributed by atoms with van der Waals surface area (Å²) in [6, 6.07) is 4.65. The number of guanidine groups is 1. The molecule has 0 bridgehead atoms. The van der Waals surface area contributed by atoms with Crippen molar-refractivity contribution < 1.29 is 23.6 Å². The topological polar surface area (TPSA) is 160 Å². The van der Waals surface area contributed by atoms with Gasteiger partial charge in [-0.1, -0.05) is 41.9 Å². The van der Waals surface area contributed by atoms with Crippen LogP contribution in [0.25, 0.3) is 0 Å². The molecular formula is C25H36BrFN6O4. The van der Waals surface area contributed by atoms with Crippen LogP contribution in [0.4, 0.5) is 4.39 Å². The van der Waals surface area contributed by atoms with E-state index < -0.39 is 36.5 Å². The molecule has 37 heavy (non-hydrogen) atoms. The SMILES string of the molecule is CC(C)C(NC(=O)Cc1cccc(Br)c1)C(=O)N1CCC[C@H]1C(=O)NC(CCCN=C(N)N)C(=O)CF. The van der Waals surface area contributed by atoms with Crippen molar-refractivity contribution >= 4 is 45.4 Å². The van der Waals surface area contributed by atoms with Gasteiger partial charge in [-0.25, -0.2) is 4.39 Å². The van der Waals surface area contributed by atoms with Crippen molar-refractivity contribution in [2.45, 2.75) is 64.1 Å². The molecule has 3 atom stereocenters. The van der Waals surface area contributed by atoms with E-state index in [0.29, 0.717) is 25.8 Å². The standard InChI is InChI=1S/C25H36BrFN6O4/c1-15(2)22(32-21(35)13-16-6-3-7-17(26)12-16)24(37)33-11-5-9-19(33)23(36)31-18(20(34)14-27)8-4-10-30-25(28)29/h3,6-7,12,15,18-19,22H,4-5,8-11,13-14H2,1-2H3,(H,31,36)(H,32,35)(H4,28,29,30)/t18?,19-,22?/m0/s1. The number of carbonyl (C=O) groups excluding carboxylic acids is 4. The fourth-order valence-electron chi connectivity index (χ4n) is 4.23. The van der Waals surface area contributed by atoms with Gasteiger partial charge in [-0.05, 0) is 49.3 Å². The predicted octanol–water partition coefficient (Wildman–Crippen LogP) is 1.20. The van der Waals surface area contributed by atoms with E-state index in [-0.39, 0.29) is 43.1 Å². The Balaban J connectivity index is 2.06. The minimum atomic E-state index is -1.22. The summed E-state index contributed by atoms with van der Waals surface area (Å²) < 4.78 is 14.0. The molecule has 3 amide bonds. The number of carbonyl (C=O) groups is 4. The molecule has 0 aromatic heterocycles. The van der Waals surface area contributed by atoms with Crippen molar-refractivity contribution in [2.24, 2.45) is 22.4 Å². The number of halogens is 2. The number of hydrogen-bond donors (Lipinski definition) is 4. The number of alkyl halides is 1. The number of nitrogens with two attached hydrogens (primary N) is 2. The molecule has 6 N–H and O–H groups in total. The molecule has 0 spiro atoms. The highest BCUT2D eigenvalue weighted by molar-refractivity contribution is 9.10. The van der Waals surface area contributed by atoms with Crippen LogP contribution in [-0.2, 0) is 25.6 Å². The van der Waals surface area contributed by atoms with E-state index in [4.69, 9.17) is 11.5 Å². The van der Waals surface area contributed by atoms with E-state index >= 15 is 0 Å². The van der Waals surface area contributed by atoms with Gasteiger partial charge in [-0.3, -0.25) is 24.2 Å². The van der Waals surface area contributed by atoms with E-state index in [2.05, 4.69) is 31.6 Å². The smallest absolute Gasteiger partial charge is 0.246 e. The molecule has 1 aliphatic rings. The minimum absolute atomic E-state index is 0.0963. The maximum Gasteiger partial charge on any atom is 0.246 e. The van der Waals surface area contributed by atoms with Crippen molar-refractivity contribution in [3.8, 4) is 0 Å². The lowest BCUT2D eigenvalue weighted by atomic mass is 10.0. The molecule has 1 aliphatic heterocycles. The molecule has 1 heterocycles. The zero-order chi connectivity index (χ0) is 27.5. The van der Waals surface area contributed by atoms with E-state index in [9.17, 15) is 23.6 Å². The van der Waals surface area contributed by atoms with Gasteiger partial charge >= 0.3 is 0 Å². The lowest BCUT2D eigenvalue weighted by Gasteiger charge is -2.31. The first-order chi connectivity index (χ1) is 17.5. The van der Waals surface area contributed by atoms with Gasteiger partial charge < -0.3 is 27.0 Å². The molecule has 0 saturated carbocycles. The first-order valence-corrected chi connectivity index (χ1v) is 13.1. The Morgan fingerprint density at radius 3 is 2.57 bits per heavy atom. The molecule has 0 radical (unpaired) electrons. The average molecular weight is 584 g/mol. The molecule has 0 aliphatic carbocycles. The number of nitrogens with zero attached hydrogens (tertiary/aromatic N) is 2. The summed E-state index contributed by atoms with van der Waals surface area (Å²) in [5.74, 6) is -2.27. The second kappa shape index (κ2) is 14.7. The Hall–Kier alpha value is -3.02. The molecule has 1 saturated heterocycles. The van der Waals surface area contributed by atoms with Gasteiger partial charge in [0.25, 0.3) is 0 Å². The largest absolute Gasteiger partial charge is 0.370 e. The number of nitrogens with one attached hydrogen (secondary N) is 2. The summed E-state index contributed by atoms with van der Waals surface area (Å²) in [6.45, 7) is 2.99. The molecule has 204 valence electrons. The second-order valence-corrected chi connectivity index (χ2v) is 10.3. The summed E-state index contributed by atoms with van der Waals surface area (Å²) in [5, 5.41) is 5.42. The Bertz CT molecular complexity index is 1000. The van der Waals surface area contributed by atoms with E-state index in [1.807, 2.05) is 38.1 Å². The number of aliphatic imine (C=N–C) groups is 1. The second-order valence-electron chi connectivity index (χ2n) is 9.40. The van der Waals surface area contributed by atoms with Gasteiger partial charge in [0, 0.05) is 17.6 Å². The maximum atomic E-state index is 13.5. The molecule has 2 unspecified atom stereocenters. The highest BCUT2D eigenvalue weighted by atomic mass is 79.9. The minimum Gasteiger partial charge on any atom is -0.370 e. The van der Waals surface area contributed by atoms with Gasteiger partial charge in [0.15, 0.2) is 11.7 Å². The Labute approximate surface area is 224 Å². The van der Waals surface area contributed by atoms with Crippen molar-refractivity contribution in [1.29, 1.82) is 0 Å². The van der Waals surface area contributed by atoms with Crippen LogP contribution in [0.15, 0.2) is 33.7 Å². The quantitative estimate of drug-likeness (QED) is 0.155. The van der Waals surface area contributed by atoms with Crippen LogP contribution in [0.3, 0.4) is 0 Å². The molecule has 2 rings (SSSR count). The van der Waals surface area contributed by atoms with E-state index in [1.165, 1.54) is 4.90 Å². The van der Waals surface area contributed by atoms with Gasteiger partial charge in [0.1, 0.15) is 18.8 Å². The van der Waals surface area contributed by atoms with Crippen LogP contribution in [-0.4, -0.2) is 72.3 Å². The summed E-state index contributed by atoms with van der Waals surface area (Å²) in [7, 11) is 0. The Morgan fingerprint density at radius 1 is 1.22 bits per heavy atom. The number of hydrogen-bond acceptors (Lipinski definition) is 5. The monoisotopic (exact) mass is 582 g/mol. The normalized spacial score (nSPS) is 16.7. The number of benzene rings is 1. The lowest BCUT2D eigenvalue weighted by Crippen LogP contribution is -2.56. The van der Waals surface area contributed by atoms with Crippen molar-refractivity contribution in [2.75, 3.05) is 19.8 Å². The van der Waals surface area contributed by atoms with E-state index in [1.54, 1.807) is 0 Å². The fourth-order valence-corrected chi connectivity index (χ4v) is 4.68. The number of ketones is 1. The summed E-state index contributed by atoms with van der Waals surface area (Å²) in [5.41, 5.74) is 11.4. The Kier molecular flexibility index (Phi) is 12.0. The first-order valence-electron chi connectivity index (χ1n) is 12.3. The first kappa shape index (κ1) is 30.2. The lowest BCUT2D eigenvalue weighted by molar-refractivity contribution is -0.143. The number of likely N-dealkylation sites (tertiary alicyclic amines) is 1. The number of Topliss-reactive ketones (excluding diaryl/α,β-unsaturated/α-hetero) is 1. The number of rotatable bonds is 13. The van der Waals surface area contributed by atoms with Crippen LogP contribution in [0, 0.1) is 5.92 Å². The third-order valence-corrected chi connectivity index (χ3v) is 6.62. The van der Waals surface area contributed by atoms with Gasteiger partial charge in [-0.15, -0.1) is 0 Å². The zero-order valence-electron chi connectivity index (χ0n) is 21.2. The maximum absolute atomic E-state index is 13.5. The summed E-state index contributed by atoms with van der Waals surface area (Å²) in [6.07, 6.45) is 1.62. The molecule has 10 nitrogen and oxygen atoms in total. The molecular weight excluding hydrogens is 547 g/mol. The summed E-state index contributed by atoms with van der Waals surface area (Å²) in [4.78, 5) is 56.6. The summed E-state index contributed by atoms with van der Waals surface area (Å²) >= 11 is 3.38. The van der Waals surface area contributed by atoms with Gasteiger partial charge in [0.2, 0.25) is 17.7 Å². The zero-order valence-corrected chi connectivity index (χ0v) is 22.8. The molecule has 1 aromatic rings. The average Bonchev–Trinajstić information content (AvgIpc) is 3.33. The number of amides is 3. The Morgan fingerprint density at radius 2 is 1.95 bits per heavy atom.